The van der Waals surface area contributed by atoms with Crippen LogP contribution in [0.4, 0.5) is 4.39 Å². The van der Waals surface area contributed by atoms with Gasteiger partial charge in [0, 0.05) is 11.6 Å². The molecule has 1 fully saturated rings. The third-order valence-corrected chi connectivity index (χ3v) is 5.70. The quantitative estimate of drug-likeness (QED) is 0.822. The van der Waals surface area contributed by atoms with Crippen molar-refractivity contribution in [3.8, 4) is 11.8 Å². The molecule has 1 aliphatic rings. The molecular formula is C14H16FNO3S2. The highest BCUT2D eigenvalue weighted by Crippen LogP contribution is 2.21. The van der Waals surface area contributed by atoms with Crippen LogP contribution in [0.5, 0.6) is 0 Å². The van der Waals surface area contributed by atoms with Crippen molar-refractivity contribution in [1.29, 1.82) is 0 Å². The number of nitrogens with one attached hydrogen (secondary N) is 1. The fourth-order valence-electron chi connectivity index (χ4n) is 2.07. The second-order valence-corrected chi connectivity index (χ2v) is 7.52. The maximum Gasteiger partial charge on any atom is 0.242 e. The van der Waals surface area contributed by atoms with Crippen LogP contribution in [0.25, 0.3) is 0 Å². The number of aliphatic hydroxyl groups excluding tert-OH is 1. The summed E-state index contributed by atoms with van der Waals surface area (Å²) < 4.78 is 40.8. The van der Waals surface area contributed by atoms with E-state index < -0.39 is 22.4 Å². The average molecular weight is 329 g/mol. The van der Waals surface area contributed by atoms with E-state index in [0.29, 0.717) is 0 Å². The maximum absolute atomic E-state index is 13.3. The molecule has 114 valence electrons. The molecule has 0 aromatic heterocycles. The maximum atomic E-state index is 13.3. The highest BCUT2D eigenvalue weighted by Gasteiger charge is 2.24. The average Bonchev–Trinajstić information content (AvgIpc) is 2.45. The first-order valence-corrected chi connectivity index (χ1v) is 9.16. The van der Waals surface area contributed by atoms with Gasteiger partial charge in [0.05, 0.1) is 4.90 Å². The zero-order valence-corrected chi connectivity index (χ0v) is 12.9. The van der Waals surface area contributed by atoms with Crippen molar-refractivity contribution < 1.29 is 17.9 Å². The second-order valence-electron chi connectivity index (χ2n) is 4.61. The number of rotatable bonds is 3. The van der Waals surface area contributed by atoms with Gasteiger partial charge in [0.1, 0.15) is 12.4 Å². The van der Waals surface area contributed by atoms with Crippen molar-refractivity contribution in [3.63, 3.8) is 0 Å². The predicted molar refractivity (Wildman–Crippen MR) is 81.0 cm³/mol. The lowest BCUT2D eigenvalue weighted by atomic mass is 10.2. The largest absolute Gasteiger partial charge is 0.384 e. The lowest BCUT2D eigenvalue weighted by molar-refractivity contribution is 0.350. The van der Waals surface area contributed by atoms with Crippen LogP contribution in [-0.4, -0.2) is 37.7 Å². The van der Waals surface area contributed by atoms with Crippen LogP contribution < -0.4 is 4.72 Å². The summed E-state index contributed by atoms with van der Waals surface area (Å²) in [5.41, 5.74) is 0.0572. The summed E-state index contributed by atoms with van der Waals surface area (Å²) in [4.78, 5) is -0.0527. The molecule has 21 heavy (non-hydrogen) atoms. The summed E-state index contributed by atoms with van der Waals surface area (Å²) in [6.07, 6.45) is 1.56. The molecule has 1 aromatic carbocycles. The Hall–Kier alpha value is -1.07. The molecule has 4 nitrogen and oxygen atoms in total. The van der Waals surface area contributed by atoms with E-state index in [2.05, 4.69) is 16.6 Å². The number of aliphatic hydroxyl groups is 1. The number of hydrogen-bond acceptors (Lipinski definition) is 4. The molecule has 0 spiro atoms. The lowest BCUT2D eigenvalue weighted by Gasteiger charge is -2.22. The molecule has 1 aromatic rings. The van der Waals surface area contributed by atoms with Gasteiger partial charge in [0.2, 0.25) is 10.0 Å². The van der Waals surface area contributed by atoms with Crippen molar-refractivity contribution in [1.82, 2.24) is 4.72 Å². The molecule has 0 aliphatic carbocycles. The van der Waals surface area contributed by atoms with E-state index in [1.54, 1.807) is 11.8 Å². The van der Waals surface area contributed by atoms with Crippen molar-refractivity contribution in [3.05, 3.63) is 29.6 Å². The molecule has 0 amide bonds. The van der Waals surface area contributed by atoms with Crippen molar-refractivity contribution >= 4 is 21.8 Å². The molecule has 0 unspecified atom stereocenters. The Morgan fingerprint density at radius 1 is 1.38 bits per heavy atom. The van der Waals surface area contributed by atoms with Crippen LogP contribution in [0, 0.1) is 17.7 Å². The van der Waals surface area contributed by atoms with Crippen LogP contribution in [0.15, 0.2) is 23.1 Å². The molecule has 1 heterocycles. The zero-order chi connectivity index (χ0) is 15.3. The second kappa shape index (κ2) is 7.27. The lowest BCUT2D eigenvalue weighted by Crippen LogP contribution is -2.37. The first kappa shape index (κ1) is 16.3. The van der Waals surface area contributed by atoms with Gasteiger partial charge in [-0.05, 0) is 42.5 Å². The van der Waals surface area contributed by atoms with Gasteiger partial charge in [0.25, 0.3) is 0 Å². The van der Waals surface area contributed by atoms with Crippen molar-refractivity contribution in [2.24, 2.45) is 0 Å². The minimum Gasteiger partial charge on any atom is -0.384 e. The normalized spacial score (nSPS) is 16.3. The summed E-state index contributed by atoms with van der Waals surface area (Å²) in [6.45, 7) is -0.413. The third-order valence-electron chi connectivity index (χ3n) is 3.08. The Balaban J connectivity index is 2.30. The zero-order valence-electron chi connectivity index (χ0n) is 11.3. The summed E-state index contributed by atoms with van der Waals surface area (Å²) >= 11 is 1.80. The number of benzene rings is 1. The van der Waals surface area contributed by atoms with E-state index >= 15 is 0 Å². The van der Waals surface area contributed by atoms with Gasteiger partial charge >= 0.3 is 0 Å². The minimum absolute atomic E-state index is 0.0527. The van der Waals surface area contributed by atoms with Crippen molar-refractivity contribution in [2.45, 2.75) is 23.8 Å². The number of sulfonamides is 1. The molecule has 0 atom stereocenters. The number of hydrogen-bond donors (Lipinski definition) is 2. The van der Waals surface area contributed by atoms with Crippen LogP contribution in [0.1, 0.15) is 18.4 Å². The summed E-state index contributed by atoms with van der Waals surface area (Å²) in [5, 5.41) is 8.72. The molecule has 0 saturated carbocycles. The SMILES string of the molecule is O=S(=O)(NC1CCSCC1)c1ccc(F)cc1C#CCO. The highest BCUT2D eigenvalue weighted by atomic mass is 32.2. The summed E-state index contributed by atoms with van der Waals surface area (Å²) in [5.74, 6) is 6.12. The fraction of sp³-hybridized carbons (Fsp3) is 0.429. The monoisotopic (exact) mass is 329 g/mol. The van der Waals surface area contributed by atoms with Crippen LogP contribution >= 0.6 is 11.8 Å². The van der Waals surface area contributed by atoms with Gasteiger partial charge in [-0.1, -0.05) is 11.8 Å². The standard InChI is InChI=1S/C14H16FNO3S2/c15-12-3-4-14(11(10-12)2-1-7-17)21(18,19)16-13-5-8-20-9-6-13/h3-4,10,13,16-17H,5-9H2. The fourth-order valence-corrected chi connectivity index (χ4v) is 4.62. The Bertz CT molecular complexity index is 659. The van der Waals surface area contributed by atoms with E-state index in [-0.39, 0.29) is 16.5 Å². The van der Waals surface area contributed by atoms with Gasteiger partial charge in [-0.2, -0.15) is 11.8 Å². The molecule has 1 saturated heterocycles. The van der Waals surface area contributed by atoms with Crippen molar-refractivity contribution in [2.75, 3.05) is 18.1 Å². The Morgan fingerprint density at radius 3 is 2.76 bits per heavy atom. The van der Waals surface area contributed by atoms with Gasteiger partial charge < -0.3 is 5.11 Å². The van der Waals surface area contributed by atoms with E-state index in [4.69, 9.17) is 5.11 Å². The van der Waals surface area contributed by atoms with Crippen LogP contribution in [-0.2, 0) is 10.0 Å². The molecule has 2 N–H and O–H groups in total. The molecule has 7 heteroatoms. The van der Waals surface area contributed by atoms with Gasteiger partial charge in [-0.25, -0.2) is 17.5 Å². The van der Waals surface area contributed by atoms with Crippen LogP contribution in [0.2, 0.25) is 0 Å². The highest BCUT2D eigenvalue weighted by molar-refractivity contribution is 7.99. The van der Waals surface area contributed by atoms with E-state index in [1.165, 1.54) is 6.07 Å². The smallest absolute Gasteiger partial charge is 0.242 e. The van der Waals surface area contributed by atoms with Gasteiger partial charge in [-0.15, -0.1) is 0 Å². The topological polar surface area (TPSA) is 66.4 Å². The minimum atomic E-state index is -3.75. The molecule has 0 radical (unpaired) electrons. The molecule has 2 rings (SSSR count). The Labute approximate surface area is 128 Å². The number of halogens is 1. The summed E-state index contributed by atoms with van der Waals surface area (Å²) in [7, 11) is -3.75. The van der Waals surface area contributed by atoms with Crippen LogP contribution in [0.3, 0.4) is 0 Å². The van der Waals surface area contributed by atoms with E-state index in [9.17, 15) is 12.8 Å². The van der Waals surface area contributed by atoms with E-state index in [0.717, 1.165) is 36.5 Å². The van der Waals surface area contributed by atoms with Gasteiger partial charge in [0.15, 0.2) is 0 Å². The van der Waals surface area contributed by atoms with Gasteiger partial charge in [-0.3, -0.25) is 0 Å². The Kier molecular flexibility index (Phi) is 5.65. The Morgan fingerprint density at radius 2 is 2.10 bits per heavy atom. The van der Waals surface area contributed by atoms with E-state index in [1.807, 2.05) is 0 Å². The first-order valence-electron chi connectivity index (χ1n) is 6.52. The first-order chi connectivity index (χ1) is 10.0. The molecule has 1 aliphatic heterocycles. The third kappa shape index (κ3) is 4.45. The predicted octanol–water partition coefficient (Wildman–Crippen LogP) is 1.34. The molecular weight excluding hydrogens is 313 g/mol. The number of thioether (sulfide) groups is 1. The molecule has 0 bridgehead atoms. The summed E-state index contributed by atoms with van der Waals surface area (Å²) in [6, 6.07) is 3.26.